The standard InChI is InChI=1S/C43H26N2OS/c1-3-12-27(13-4-1)30-16-7-9-20-36(30)45(29-22-23-32-31-17-8-10-21-38(31)46-39(32)26-29)37-25-24-34-40-33(37)18-11-19-35(40)42-41(34)44-43(47-42)28-14-5-2-6-15-28/h1-26H. The van der Waals surface area contributed by atoms with Crippen LogP contribution in [0.5, 0.6) is 0 Å². The number of nitrogens with zero attached hydrogens (tertiary/aromatic N) is 2. The first-order valence-electron chi connectivity index (χ1n) is 15.8. The summed E-state index contributed by atoms with van der Waals surface area (Å²) < 4.78 is 6.41. The van der Waals surface area contributed by atoms with Crippen molar-refractivity contribution in [2.24, 2.45) is 0 Å². The average molecular weight is 619 g/mol. The molecule has 0 atom stereocenters. The predicted molar refractivity (Wildman–Crippen MR) is 197 cm³/mol. The Kier molecular flexibility index (Phi) is 5.74. The molecule has 47 heavy (non-hydrogen) atoms. The number of furan rings is 1. The Balaban J connectivity index is 1.21. The van der Waals surface area contributed by atoms with Gasteiger partial charge in [0.25, 0.3) is 0 Å². The highest BCUT2D eigenvalue weighted by atomic mass is 32.1. The lowest BCUT2D eigenvalue weighted by molar-refractivity contribution is 0.669. The van der Waals surface area contributed by atoms with Crippen LogP contribution in [0.2, 0.25) is 0 Å². The zero-order valence-electron chi connectivity index (χ0n) is 25.2. The van der Waals surface area contributed by atoms with E-state index in [9.17, 15) is 0 Å². The number of hydrogen-bond acceptors (Lipinski definition) is 4. The summed E-state index contributed by atoms with van der Waals surface area (Å²) in [6.07, 6.45) is 0. The quantitative estimate of drug-likeness (QED) is 0.192. The maximum atomic E-state index is 6.41. The summed E-state index contributed by atoms with van der Waals surface area (Å²) in [5, 5.41) is 5.75. The molecule has 4 heteroatoms. The minimum Gasteiger partial charge on any atom is -0.456 e. The van der Waals surface area contributed by atoms with Gasteiger partial charge in [-0.2, -0.15) is 0 Å². The molecule has 0 bridgehead atoms. The lowest BCUT2D eigenvalue weighted by Gasteiger charge is -2.29. The number of para-hydroxylation sites is 2. The summed E-state index contributed by atoms with van der Waals surface area (Å²) in [6, 6.07) is 55.9. The SMILES string of the molecule is c1ccc(-c2nc3c(s2)-c2cccc4c(N(c5ccc6c(c5)oc5ccccc56)c5ccccc5-c5ccccc5)ccc-3c24)cc1. The Morgan fingerprint density at radius 2 is 1.19 bits per heavy atom. The highest BCUT2D eigenvalue weighted by Crippen LogP contribution is 2.54. The van der Waals surface area contributed by atoms with Crippen LogP contribution in [-0.4, -0.2) is 4.98 Å². The lowest BCUT2D eigenvalue weighted by atomic mass is 9.98. The van der Waals surface area contributed by atoms with Gasteiger partial charge in [0, 0.05) is 55.6 Å². The molecule has 0 saturated carbocycles. The second-order valence-corrected chi connectivity index (χ2v) is 12.9. The molecule has 1 aliphatic rings. The Morgan fingerprint density at radius 3 is 2.06 bits per heavy atom. The minimum atomic E-state index is 0.872. The Morgan fingerprint density at radius 1 is 0.489 bits per heavy atom. The fourth-order valence-corrected chi connectivity index (χ4v) is 8.27. The van der Waals surface area contributed by atoms with Crippen LogP contribution in [0.3, 0.4) is 0 Å². The number of aromatic nitrogens is 1. The maximum absolute atomic E-state index is 6.41. The van der Waals surface area contributed by atoms with Gasteiger partial charge in [-0.1, -0.05) is 121 Å². The van der Waals surface area contributed by atoms with E-state index in [1.54, 1.807) is 11.3 Å². The van der Waals surface area contributed by atoms with Gasteiger partial charge in [0.1, 0.15) is 16.2 Å². The third-order valence-corrected chi connectivity index (χ3v) is 10.4. The van der Waals surface area contributed by atoms with Crippen LogP contribution in [0.15, 0.2) is 162 Å². The van der Waals surface area contributed by atoms with Crippen molar-refractivity contribution in [1.82, 2.24) is 4.98 Å². The second-order valence-electron chi connectivity index (χ2n) is 11.9. The topological polar surface area (TPSA) is 29.3 Å². The van der Waals surface area contributed by atoms with E-state index in [4.69, 9.17) is 9.40 Å². The first-order chi connectivity index (χ1) is 23.3. The molecule has 0 amide bonds. The van der Waals surface area contributed by atoms with Crippen molar-refractivity contribution >= 4 is 61.1 Å². The van der Waals surface area contributed by atoms with E-state index in [-0.39, 0.29) is 0 Å². The summed E-state index contributed by atoms with van der Waals surface area (Å²) in [7, 11) is 0. The van der Waals surface area contributed by atoms with Crippen molar-refractivity contribution in [2.75, 3.05) is 4.90 Å². The molecule has 1 aliphatic carbocycles. The molecule has 0 radical (unpaired) electrons. The molecular formula is C43H26N2OS. The van der Waals surface area contributed by atoms with Crippen molar-refractivity contribution < 1.29 is 4.42 Å². The molecule has 3 nitrogen and oxygen atoms in total. The fraction of sp³-hybridized carbons (Fsp3) is 0. The van der Waals surface area contributed by atoms with Gasteiger partial charge in [-0.15, -0.1) is 11.3 Å². The second kappa shape index (κ2) is 10.3. The van der Waals surface area contributed by atoms with E-state index in [1.165, 1.54) is 32.3 Å². The molecule has 0 fully saturated rings. The highest BCUT2D eigenvalue weighted by molar-refractivity contribution is 7.19. The third kappa shape index (κ3) is 4.02. The molecule has 0 spiro atoms. The maximum Gasteiger partial charge on any atom is 0.137 e. The first kappa shape index (κ1) is 26.3. The van der Waals surface area contributed by atoms with Gasteiger partial charge >= 0.3 is 0 Å². The largest absolute Gasteiger partial charge is 0.456 e. The number of fused-ring (bicyclic) bond motifs is 6. The van der Waals surface area contributed by atoms with E-state index < -0.39 is 0 Å². The summed E-state index contributed by atoms with van der Waals surface area (Å²) in [4.78, 5) is 8.83. The third-order valence-electron chi connectivity index (χ3n) is 9.26. The van der Waals surface area contributed by atoms with Crippen LogP contribution in [0.4, 0.5) is 17.1 Å². The van der Waals surface area contributed by atoms with E-state index in [2.05, 4.69) is 150 Å². The predicted octanol–water partition coefficient (Wildman–Crippen LogP) is 12.6. The average Bonchev–Trinajstić information content (AvgIpc) is 3.82. The minimum absolute atomic E-state index is 0.872. The van der Waals surface area contributed by atoms with Gasteiger partial charge in [-0.05, 0) is 35.9 Å². The monoisotopic (exact) mass is 618 g/mol. The van der Waals surface area contributed by atoms with Crippen LogP contribution in [-0.2, 0) is 0 Å². The molecule has 0 unspecified atom stereocenters. The van der Waals surface area contributed by atoms with E-state index in [0.29, 0.717) is 0 Å². The van der Waals surface area contributed by atoms with Gasteiger partial charge in [-0.3, -0.25) is 0 Å². The summed E-state index contributed by atoms with van der Waals surface area (Å²) in [5.74, 6) is 0. The van der Waals surface area contributed by atoms with Gasteiger partial charge in [0.15, 0.2) is 0 Å². The Hall–Kier alpha value is -5.97. The zero-order valence-corrected chi connectivity index (χ0v) is 26.0. The number of anilines is 3. The molecule has 0 N–H and O–H groups in total. The van der Waals surface area contributed by atoms with Crippen LogP contribution in [0.1, 0.15) is 0 Å². The Labute approximate surface area is 275 Å². The van der Waals surface area contributed by atoms with E-state index in [0.717, 1.165) is 60.8 Å². The van der Waals surface area contributed by atoms with Gasteiger partial charge in [0.05, 0.1) is 21.9 Å². The fourth-order valence-electron chi connectivity index (χ4n) is 7.15. The van der Waals surface area contributed by atoms with Crippen LogP contribution in [0.25, 0.3) is 76.1 Å². The van der Waals surface area contributed by atoms with Crippen LogP contribution < -0.4 is 4.90 Å². The van der Waals surface area contributed by atoms with Gasteiger partial charge < -0.3 is 9.32 Å². The van der Waals surface area contributed by atoms with Crippen molar-refractivity contribution in [3.05, 3.63) is 158 Å². The molecular weight excluding hydrogens is 593 g/mol. The van der Waals surface area contributed by atoms with Gasteiger partial charge in [-0.25, -0.2) is 4.98 Å². The van der Waals surface area contributed by atoms with Crippen molar-refractivity contribution in [2.45, 2.75) is 0 Å². The molecule has 0 aliphatic heterocycles. The van der Waals surface area contributed by atoms with Crippen molar-refractivity contribution in [3.63, 3.8) is 0 Å². The molecule has 9 aromatic rings. The Bertz CT molecular complexity index is 2610. The van der Waals surface area contributed by atoms with Crippen molar-refractivity contribution in [1.29, 1.82) is 0 Å². The van der Waals surface area contributed by atoms with Gasteiger partial charge in [0.2, 0.25) is 0 Å². The van der Waals surface area contributed by atoms with E-state index in [1.807, 2.05) is 12.1 Å². The molecule has 220 valence electrons. The first-order valence-corrected chi connectivity index (χ1v) is 16.6. The van der Waals surface area contributed by atoms with Crippen LogP contribution in [0, 0.1) is 0 Å². The number of hydrogen-bond donors (Lipinski definition) is 0. The molecule has 2 aromatic heterocycles. The highest BCUT2D eigenvalue weighted by Gasteiger charge is 2.29. The molecule has 7 aromatic carbocycles. The van der Waals surface area contributed by atoms with Crippen LogP contribution >= 0.6 is 11.3 Å². The normalized spacial score (nSPS) is 11.8. The van der Waals surface area contributed by atoms with Crippen molar-refractivity contribution in [3.8, 4) is 43.4 Å². The summed E-state index contributed by atoms with van der Waals surface area (Å²) in [5.41, 5.74) is 12.0. The summed E-state index contributed by atoms with van der Waals surface area (Å²) >= 11 is 1.78. The number of thiazole rings is 1. The summed E-state index contributed by atoms with van der Waals surface area (Å²) in [6.45, 7) is 0. The molecule has 0 saturated heterocycles. The number of rotatable bonds is 5. The smallest absolute Gasteiger partial charge is 0.137 e. The van der Waals surface area contributed by atoms with E-state index >= 15 is 0 Å². The number of benzene rings is 7. The lowest BCUT2D eigenvalue weighted by Crippen LogP contribution is -2.11. The molecule has 10 rings (SSSR count). The zero-order chi connectivity index (χ0) is 30.9. The molecule has 2 heterocycles.